The third-order valence-electron chi connectivity index (χ3n) is 4.43. The van der Waals surface area contributed by atoms with Crippen molar-refractivity contribution < 1.29 is 22.8 Å². The Hall–Kier alpha value is -3.93. The molecule has 0 aliphatic rings. The molecule has 178 valence electrons. The molecule has 0 aliphatic heterocycles. The average molecular weight is 494 g/mol. The Morgan fingerprint density at radius 3 is 2.29 bits per heavy atom. The summed E-state index contributed by atoms with van der Waals surface area (Å²) in [6.45, 7) is 3.29. The number of amides is 3. The van der Waals surface area contributed by atoms with Crippen molar-refractivity contribution >= 4 is 40.9 Å². The number of rotatable bonds is 6. The lowest BCUT2D eigenvalue weighted by molar-refractivity contribution is -0.137. The van der Waals surface area contributed by atoms with E-state index in [2.05, 4.69) is 30.9 Å². The van der Waals surface area contributed by atoms with E-state index in [0.717, 1.165) is 17.7 Å². The number of nitrogens with one attached hydrogen (secondary N) is 3. The number of anilines is 3. The van der Waals surface area contributed by atoms with E-state index in [-0.39, 0.29) is 24.0 Å². The summed E-state index contributed by atoms with van der Waals surface area (Å²) >= 11 is 5.60. The number of hydrogen-bond donors (Lipinski definition) is 4. The minimum absolute atomic E-state index is 0.0835. The maximum Gasteiger partial charge on any atom is 0.417 e. The predicted molar refractivity (Wildman–Crippen MR) is 122 cm³/mol. The predicted octanol–water partition coefficient (Wildman–Crippen LogP) is 4.37. The van der Waals surface area contributed by atoms with Gasteiger partial charge in [0, 0.05) is 16.9 Å². The second-order valence-electron chi connectivity index (χ2n) is 7.15. The van der Waals surface area contributed by atoms with Crippen molar-refractivity contribution in [2.45, 2.75) is 20.0 Å². The van der Waals surface area contributed by atoms with Crippen LogP contribution in [0.15, 0.2) is 36.4 Å². The number of nitrogens with zero attached hydrogens (tertiary/aromatic N) is 3. The van der Waals surface area contributed by atoms with Crippen LogP contribution in [-0.4, -0.2) is 33.4 Å². The fourth-order valence-corrected chi connectivity index (χ4v) is 3.13. The molecule has 3 rings (SSSR count). The first-order chi connectivity index (χ1) is 15.9. The van der Waals surface area contributed by atoms with Gasteiger partial charge in [-0.05, 0) is 49.7 Å². The molecule has 0 saturated heterocycles. The number of benzene rings is 2. The monoisotopic (exact) mass is 493 g/mol. The van der Waals surface area contributed by atoms with Crippen molar-refractivity contribution in [2.75, 3.05) is 22.5 Å². The zero-order chi connectivity index (χ0) is 25.0. The van der Waals surface area contributed by atoms with Crippen LogP contribution < -0.4 is 21.7 Å². The van der Waals surface area contributed by atoms with E-state index < -0.39 is 28.7 Å². The maximum atomic E-state index is 13.0. The molecule has 13 heteroatoms. The standard InChI is InChI=1S/C21H19ClF3N7O2/c1-10-3-4-12(7-14(10)18-28-11(2)29-19(32-18)27-9-17(26)33)30-20(34)31-13-5-6-16(22)15(8-13)21(23,24)25/h3-8H,9H2,1-2H3,(H2,26,33)(H2,30,31,34)(H,27,28,29,32). The van der Waals surface area contributed by atoms with Gasteiger partial charge in [-0.25, -0.2) is 9.78 Å². The van der Waals surface area contributed by atoms with Gasteiger partial charge in [-0.2, -0.15) is 23.1 Å². The highest BCUT2D eigenvalue weighted by Gasteiger charge is 2.33. The Morgan fingerprint density at radius 2 is 1.65 bits per heavy atom. The molecule has 3 aromatic rings. The van der Waals surface area contributed by atoms with Crippen LogP contribution in [-0.2, 0) is 11.0 Å². The molecule has 3 amide bonds. The molecule has 34 heavy (non-hydrogen) atoms. The Kier molecular flexibility index (Phi) is 7.20. The highest BCUT2D eigenvalue weighted by Crippen LogP contribution is 2.36. The number of carbonyl (C=O) groups is 2. The number of nitrogens with two attached hydrogens (primary N) is 1. The summed E-state index contributed by atoms with van der Waals surface area (Å²) in [7, 11) is 0. The van der Waals surface area contributed by atoms with Gasteiger partial charge in [0.1, 0.15) is 5.82 Å². The zero-order valence-electron chi connectivity index (χ0n) is 17.9. The highest BCUT2D eigenvalue weighted by molar-refractivity contribution is 6.31. The van der Waals surface area contributed by atoms with Crippen molar-refractivity contribution in [3.63, 3.8) is 0 Å². The Labute approximate surface area is 197 Å². The van der Waals surface area contributed by atoms with Crippen LogP contribution in [0.3, 0.4) is 0 Å². The minimum Gasteiger partial charge on any atom is -0.368 e. The number of primary amides is 1. The van der Waals surface area contributed by atoms with Gasteiger partial charge in [0.05, 0.1) is 17.1 Å². The topological polar surface area (TPSA) is 135 Å². The number of halogens is 4. The van der Waals surface area contributed by atoms with E-state index in [0.29, 0.717) is 17.1 Å². The molecule has 2 aromatic carbocycles. The average Bonchev–Trinajstić information content (AvgIpc) is 2.73. The van der Waals surface area contributed by atoms with Gasteiger partial charge in [-0.1, -0.05) is 17.7 Å². The van der Waals surface area contributed by atoms with E-state index >= 15 is 0 Å². The number of aromatic nitrogens is 3. The van der Waals surface area contributed by atoms with E-state index in [1.165, 1.54) is 6.07 Å². The van der Waals surface area contributed by atoms with Gasteiger partial charge in [-0.15, -0.1) is 0 Å². The summed E-state index contributed by atoms with van der Waals surface area (Å²) in [5.74, 6) is 0.236. The largest absolute Gasteiger partial charge is 0.417 e. The molecule has 1 heterocycles. The molecule has 0 atom stereocenters. The van der Waals surface area contributed by atoms with Crippen molar-refractivity contribution in [3.8, 4) is 11.4 Å². The minimum atomic E-state index is -4.66. The SMILES string of the molecule is Cc1nc(NCC(N)=O)nc(-c2cc(NC(=O)Nc3ccc(Cl)c(C(F)(F)F)c3)ccc2C)n1. The number of hydrogen-bond acceptors (Lipinski definition) is 6. The van der Waals surface area contributed by atoms with Gasteiger partial charge in [-0.3, -0.25) is 4.79 Å². The summed E-state index contributed by atoms with van der Waals surface area (Å²) in [5.41, 5.74) is 5.67. The molecule has 0 spiro atoms. The molecular formula is C21H19ClF3N7O2. The Morgan fingerprint density at radius 1 is 1.00 bits per heavy atom. The zero-order valence-corrected chi connectivity index (χ0v) is 18.7. The molecule has 0 fully saturated rings. The molecular weight excluding hydrogens is 475 g/mol. The second kappa shape index (κ2) is 9.91. The van der Waals surface area contributed by atoms with Crippen LogP contribution in [0.1, 0.15) is 17.0 Å². The van der Waals surface area contributed by atoms with Crippen molar-refractivity contribution in [3.05, 3.63) is 58.4 Å². The lowest BCUT2D eigenvalue weighted by Crippen LogP contribution is -2.23. The number of carbonyl (C=O) groups excluding carboxylic acids is 2. The number of urea groups is 1. The van der Waals surface area contributed by atoms with E-state index in [9.17, 15) is 22.8 Å². The second-order valence-corrected chi connectivity index (χ2v) is 7.56. The van der Waals surface area contributed by atoms with Crippen LogP contribution in [0, 0.1) is 13.8 Å². The van der Waals surface area contributed by atoms with E-state index in [1.807, 2.05) is 0 Å². The quantitative estimate of drug-likeness (QED) is 0.403. The maximum absolute atomic E-state index is 13.0. The molecule has 0 aliphatic carbocycles. The molecule has 9 nitrogen and oxygen atoms in total. The van der Waals surface area contributed by atoms with Gasteiger partial charge < -0.3 is 21.7 Å². The number of alkyl halides is 3. The third-order valence-corrected chi connectivity index (χ3v) is 4.76. The van der Waals surface area contributed by atoms with Crippen LogP contribution in [0.5, 0.6) is 0 Å². The molecule has 1 aromatic heterocycles. The highest BCUT2D eigenvalue weighted by atomic mass is 35.5. The first-order valence-electron chi connectivity index (χ1n) is 9.73. The normalized spacial score (nSPS) is 11.1. The third kappa shape index (κ3) is 6.32. The lowest BCUT2D eigenvalue weighted by atomic mass is 10.1. The molecule has 0 radical (unpaired) electrons. The summed E-state index contributed by atoms with van der Waals surface area (Å²) in [4.78, 5) is 36.1. The summed E-state index contributed by atoms with van der Waals surface area (Å²) in [5, 5.41) is 7.13. The van der Waals surface area contributed by atoms with Crippen molar-refractivity contribution in [2.24, 2.45) is 5.73 Å². The summed E-state index contributed by atoms with van der Waals surface area (Å²) in [6, 6.07) is 7.22. The Bertz CT molecular complexity index is 1250. The fraction of sp³-hybridized carbons (Fsp3) is 0.190. The lowest BCUT2D eigenvalue weighted by Gasteiger charge is -2.13. The number of aryl methyl sites for hydroxylation is 2. The van der Waals surface area contributed by atoms with Crippen molar-refractivity contribution in [1.29, 1.82) is 0 Å². The van der Waals surface area contributed by atoms with Gasteiger partial charge in [0.2, 0.25) is 11.9 Å². The van der Waals surface area contributed by atoms with Gasteiger partial charge in [0.25, 0.3) is 0 Å². The van der Waals surface area contributed by atoms with Crippen LogP contribution in [0.4, 0.5) is 35.3 Å². The van der Waals surface area contributed by atoms with Gasteiger partial charge >= 0.3 is 12.2 Å². The molecule has 0 unspecified atom stereocenters. The molecule has 0 bridgehead atoms. The van der Waals surface area contributed by atoms with Crippen LogP contribution >= 0.6 is 11.6 Å². The van der Waals surface area contributed by atoms with E-state index in [4.69, 9.17) is 17.3 Å². The molecule has 0 saturated carbocycles. The van der Waals surface area contributed by atoms with E-state index in [1.54, 1.807) is 32.0 Å². The first-order valence-corrected chi connectivity index (χ1v) is 10.1. The van der Waals surface area contributed by atoms with Crippen molar-refractivity contribution in [1.82, 2.24) is 15.0 Å². The van der Waals surface area contributed by atoms with Gasteiger partial charge in [0.15, 0.2) is 5.82 Å². The smallest absolute Gasteiger partial charge is 0.368 e. The first kappa shape index (κ1) is 24.7. The summed E-state index contributed by atoms with van der Waals surface area (Å²) in [6.07, 6.45) is -4.66. The van der Waals surface area contributed by atoms with Crippen LogP contribution in [0.2, 0.25) is 5.02 Å². The molecule has 5 N–H and O–H groups in total. The van der Waals surface area contributed by atoms with Crippen LogP contribution in [0.25, 0.3) is 11.4 Å². The summed E-state index contributed by atoms with van der Waals surface area (Å²) < 4.78 is 39.1. The fourth-order valence-electron chi connectivity index (χ4n) is 2.90. The Balaban J connectivity index is 1.81.